The van der Waals surface area contributed by atoms with Crippen LogP contribution in [0.1, 0.15) is 60.5 Å². The minimum absolute atomic E-state index is 0.00360. The Bertz CT molecular complexity index is 1620. The highest BCUT2D eigenvalue weighted by Gasteiger charge is 2.36. The zero-order valence-electron chi connectivity index (χ0n) is 24.5. The van der Waals surface area contributed by atoms with Crippen molar-refractivity contribution in [3.8, 4) is 5.69 Å². The third kappa shape index (κ3) is 6.13. The number of halogens is 3. The Balaban J connectivity index is 1.34. The fraction of sp³-hybridized carbons (Fsp3) is 0.516. The van der Waals surface area contributed by atoms with Crippen molar-refractivity contribution in [2.45, 2.75) is 56.8 Å². The van der Waals surface area contributed by atoms with Crippen LogP contribution in [0.4, 0.5) is 13.2 Å². The van der Waals surface area contributed by atoms with Crippen LogP contribution in [0.5, 0.6) is 0 Å². The van der Waals surface area contributed by atoms with Gasteiger partial charge in [0.15, 0.2) is 0 Å². The fourth-order valence-corrected chi connectivity index (χ4v) is 6.44. The number of hydrogen-bond acceptors (Lipinski definition) is 6. The molecule has 1 saturated heterocycles. The average Bonchev–Trinajstić information content (AvgIpc) is 3.52. The van der Waals surface area contributed by atoms with Crippen molar-refractivity contribution in [1.29, 1.82) is 0 Å². The van der Waals surface area contributed by atoms with Crippen LogP contribution >= 0.6 is 0 Å². The number of imidazole rings is 1. The lowest BCUT2D eigenvalue weighted by Crippen LogP contribution is -2.39. The second-order valence-corrected chi connectivity index (χ2v) is 11.7. The number of hydrogen-bond donors (Lipinski definition) is 0. The SMILES string of the molecule is COCCO[C@@H]1CCCN(Cc2cc(C(F)(F)F)c3cn(-c4cccc([C@H](c5nncn5C)C5CCC5)c4)c(=O)n3c2)C1. The summed E-state index contributed by atoms with van der Waals surface area (Å²) in [5, 5.41) is 8.44. The zero-order valence-corrected chi connectivity index (χ0v) is 24.5. The Morgan fingerprint density at radius 2 is 1.93 bits per heavy atom. The van der Waals surface area contributed by atoms with E-state index < -0.39 is 17.4 Å². The predicted octanol–water partition coefficient (Wildman–Crippen LogP) is 4.80. The van der Waals surface area contributed by atoms with E-state index in [2.05, 4.69) is 15.1 Å². The first kappa shape index (κ1) is 29.6. The summed E-state index contributed by atoms with van der Waals surface area (Å²) in [5.41, 5.74) is 0.364. The molecule has 1 saturated carbocycles. The lowest BCUT2D eigenvalue weighted by molar-refractivity contribution is -0.136. The average molecular weight is 599 g/mol. The highest BCUT2D eigenvalue weighted by atomic mass is 19.4. The summed E-state index contributed by atoms with van der Waals surface area (Å²) in [6, 6.07) is 8.66. The number of rotatable bonds is 10. The molecule has 3 aromatic heterocycles. The van der Waals surface area contributed by atoms with E-state index in [-0.39, 0.29) is 24.1 Å². The van der Waals surface area contributed by atoms with Gasteiger partial charge in [0.2, 0.25) is 0 Å². The van der Waals surface area contributed by atoms with Crippen molar-refractivity contribution in [3.05, 3.63) is 82.1 Å². The molecule has 4 heterocycles. The predicted molar refractivity (Wildman–Crippen MR) is 154 cm³/mol. The second-order valence-electron chi connectivity index (χ2n) is 11.7. The number of ether oxygens (including phenoxy) is 2. The van der Waals surface area contributed by atoms with E-state index in [9.17, 15) is 18.0 Å². The normalized spacial score (nSPS) is 19.1. The molecule has 0 bridgehead atoms. The maximum Gasteiger partial charge on any atom is 0.418 e. The molecule has 1 aromatic carbocycles. The van der Waals surface area contributed by atoms with Gasteiger partial charge in [0.1, 0.15) is 12.2 Å². The maximum absolute atomic E-state index is 14.4. The van der Waals surface area contributed by atoms with E-state index in [0.717, 1.165) is 54.4 Å². The maximum atomic E-state index is 14.4. The van der Waals surface area contributed by atoms with Crippen LogP contribution in [-0.4, -0.2) is 68.1 Å². The summed E-state index contributed by atoms with van der Waals surface area (Å²) >= 11 is 0. The Morgan fingerprint density at radius 3 is 2.63 bits per heavy atom. The van der Waals surface area contributed by atoms with Crippen LogP contribution in [0.15, 0.2) is 53.8 Å². The van der Waals surface area contributed by atoms with Crippen LogP contribution in [0.25, 0.3) is 11.2 Å². The van der Waals surface area contributed by atoms with Gasteiger partial charge in [-0.1, -0.05) is 18.6 Å². The van der Waals surface area contributed by atoms with Crippen molar-refractivity contribution >= 4 is 5.52 Å². The number of fused-ring (bicyclic) bond motifs is 1. The first-order valence-corrected chi connectivity index (χ1v) is 14.8. The number of aryl methyl sites for hydroxylation is 1. The number of piperidine rings is 1. The molecule has 0 amide bonds. The van der Waals surface area contributed by atoms with Gasteiger partial charge in [-0.15, -0.1) is 10.2 Å². The minimum Gasteiger partial charge on any atom is -0.382 e. The molecule has 0 spiro atoms. The molecule has 2 aliphatic rings. The summed E-state index contributed by atoms with van der Waals surface area (Å²) in [4.78, 5) is 15.8. The fourth-order valence-electron chi connectivity index (χ4n) is 6.44. The van der Waals surface area contributed by atoms with E-state index in [1.54, 1.807) is 25.7 Å². The van der Waals surface area contributed by atoms with Crippen molar-refractivity contribution in [3.63, 3.8) is 0 Å². The van der Waals surface area contributed by atoms with Crippen molar-refractivity contribution in [1.82, 2.24) is 28.6 Å². The highest BCUT2D eigenvalue weighted by Crippen LogP contribution is 2.43. The van der Waals surface area contributed by atoms with Gasteiger partial charge in [-0.25, -0.2) is 4.79 Å². The first-order valence-electron chi connectivity index (χ1n) is 14.8. The van der Waals surface area contributed by atoms with E-state index in [0.29, 0.717) is 36.9 Å². The minimum atomic E-state index is -4.63. The number of pyridine rings is 1. The lowest BCUT2D eigenvalue weighted by atomic mass is 9.72. The largest absolute Gasteiger partial charge is 0.418 e. The number of benzene rings is 1. The van der Waals surface area contributed by atoms with Gasteiger partial charge in [0, 0.05) is 45.6 Å². The summed E-state index contributed by atoms with van der Waals surface area (Å²) in [5.74, 6) is 1.21. The Morgan fingerprint density at radius 1 is 1.09 bits per heavy atom. The topological polar surface area (TPSA) is 78.8 Å². The van der Waals surface area contributed by atoms with E-state index in [4.69, 9.17) is 9.47 Å². The molecule has 9 nitrogen and oxygen atoms in total. The van der Waals surface area contributed by atoms with Gasteiger partial charge in [-0.05, 0) is 67.5 Å². The van der Waals surface area contributed by atoms with Gasteiger partial charge in [-0.3, -0.25) is 13.9 Å². The molecule has 2 atom stereocenters. The van der Waals surface area contributed by atoms with Crippen molar-refractivity contribution in [2.24, 2.45) is 13.0 Å². The molecule has 230 valence electrons. The van der Waals surface area contributed by atoms with Crippen LogP contribution < -0.4 is 5.69 Å². The summed E-state index contributed by atoms with van der Waals surface area (Å²) in [6.07, 6.45) is 4.93. The third-order valence-electron chi connectivity index (χ3n) is 8.79. The quantitative estimate of drug-likeness (QED) is 0.244. The summed E-state index contributed by atoms with van der Waals surface area (Å²) < 4.78 is 58.4. The molecule has 2 fully saturated rings. The molecular weight excluding hydrogens is 561 g/mol. The Hall–Kier alpha value is -3.48. The molecule has 0 radical (unpaired) electrons. The van der Waals surface area contributed by atoms with Gasteiger partial charge < -0.3 is 14.0 Å². The molecule has 12 heteroatoms. The highest BCUT2D eigenvalue weighted by molar-refractivity contribution is 5.58. The lowest BCUT2D eigenvalue weighted by Gasteiger charge is -2.33. The third-order valence-corrected chi connectivity index (χ3v) is 8.79. The standard InChI is InChI=1S/C31H37F3N6O3/c1-37-20-35-36-29(37)28(22-6-3-7-22)23-8-4-9-24(15-23)39-19-27-26(31(32,33)34)14-21(17-40(27)30(39)41)16-38-11-5-10-25(18-38)43-13-12-42-2/h4,8-9,14-15,17,19-20,22,25,28H,3,5-7,10-13,16,18H2,1-2H3/t25-,28-/m1/s1. The van der Waals surface area contributed by atoms with Crippen molar-refractivity contribution < 1.29 is 22.6 Å². The van der Waals surface area contributed by atoms with Crippen LogP contribution in [0.3, 0.4) is 0 Å². The molecular formula is C31H37F3N6O3. The van der Waals surface area contributed by atoms with Gasteiger partial charge in [-0.2, -0.15) is 13.2 Å². The van der Waals surface area contributed by atoms with Gasteiger partial charge >= 0.3 is 11.9 Å². The molecule has 0 N–H and O–H groups in total. The van der Waals surface area contributed by atoms with Gasteiger partial charge in [0.05, 0.1) is 36.1 Å². The molecule has 43 heavy (non-hydrogen) atoms. The van der Waals surface area contributed by atoms with Crippen LogP contribution in [0, 0.1) is 5.92 Å². The smallest absolute Gasteiger partial charge is 0.382 e. The number of methoxy groups -OCH3 is 1. The van der Waals surface area contributed by atoms with Gasteiger partial charge in [0.25, 0.3) is 0 Å². The molecule has 0 unspecified atom stereocenters. The summed E-state index contributed by atoms with van der Waals surface area (Å²) in [7, 11) is 3.52. The van der Waals surface area contributed by atoms with E-state index in [1.165, 1.54) is 16.8 Å². The summed E-state index contributed by atoms with van der Waals surface area (Å²) in [6.45, 7) is 2.62. The molecule has 4 aromatic rings. The number of likely N-dealkylation sites (tertiary alicyclic amines) is 1. The van der Waals surface area contributed by atoms with E-state index >= 15 is 0 Å². The molecule has 1 aliphatic heterocycles. The van der Waals surface area contributed by atoms with Crippen LogP contribution in [0.2, 0.25) is 0 Å². The number of nitrogens with zero attached hydrogens (tertiary/aromatic N) is 6. The molecule has 1 aliphatic carbocycles. The number of aromatic nitrogens is 5. The monoisotopic (exact) mass is 598 g/mol. The first-order chi connectivity index (χ1) is 20.7. The number of alkyl halides is 3. The Kier molecular flexibility index (Phi) is 8.43. The van der Waals surface area contributed by atoms with Crippen molar-refractivity contribution in [2.75, 3.05) is 33.4 Å². The van der Waals surface area contributed by atoms with E-state index in [1.807, 2.05) is 29.8 Å². The Labute approximate surface area is 247 Å². The second kappa shape index (κ2) is 12.3. The zero-order chi connectivity index (χ0) is 30.1. The molecule has 6 rings (SSSR count). The van der Waals surface area contributed by atoms with Crippen LogP contribution in [-0.2, 0) is 29.2 Å².